The predicted octanol–water partition coefficient (Wildman–Crippen LogP) is 2.93. The maximum Gasteiger partial charge on any atom is 0.276 e. The van der Waals surface area contributed by atoms with Gasteiger partial charge in [0.1, 0.15) is 11.5 Å². The van der Waals surface area contributed by atoms with Crippen molar-refractivity contribution in [3.63, 3.8) is 0 Å². The third-order valence-electron chi connectivity index (χ3n) is 6.58. The summed E-state index contributed by atoms with van der Waals surface area (Å²) >= 11 is 0. The Morgan fingerprint density at radius 1 is 1.13 bits per heavy atom. The highest BCUT2D eigenvalue weighted by atomic mass is 16.2. The van der Waals surface area contributed by atoms with E-state index in [1.807, 2.05) is 11.0 Å². The van der Waals surface area contributed by atoms with Crippen molar-refractivity contribution in [3.8, 4) is 11.1 Å². The van der Waals surface area contributed by atoms with Crippen LogP contribution in [0, 0.1) is 0 Å². The molecule has 0 aromatic carbocycles. The lowest BCUT2D eigenvalue weighted by Crippen LogP contribution is -2.41. The van der Waals surface area contributed by atoms with E-state index in [9.17, 15) is 9.59 Å². The number of carbonyl (C=O) groups excluding carboxylic acids is 1. The smallest absolute Gasteiger partial charge is 0.276 e. The molecule has 7 heteroatoms. The molecule has 0 atom stereocenters. The van der Waals surface area contributed by atoms with E-state index in [-0.39, 0.29) is 17.2 Å². The van der Waals surface area contributed by atoms with Crippen LogP contribution in [0.25, 0.3) is 11.1 Å². The van der Waals surface area contributed by atoms with Crippen LogP contribution >= 0.6 is 0 Å². The van der Waals surface area contributed by atoms with Crippen LogP contribution in [0.2, 0.25) is 0 Å². The van der Waals surface area contributed by atoms with E-state index in [2.05, 4.69) is 22.5 Å². The van der Waals surface area contributed by atoms with Gasteiger partial charge in [-0.3, -0.25) is 14.5 Å². The number of aryl methyl sites for hydroxylation is 2. The lowest BCUT2D eigenvalue weighted by atomic mass is 9.98. The van der Waals surface area contributed by atoms with Gasteiger partial charge < -0.3 is 14.9 Å². The zero-order valence-corrected chi connectivity index (χ0v) is 18.0. The van der Waals surface area contributed by atoms with Crippen molar-refractivity contribution >= 4 is 17.4 Å². The van der Waals surface area contributed by atoms with Gasteiger partial charge >= 0.3 is 0 Å². The van der Waals surface area contributed by atoms with E-state index < -0.39 is 0 Å². The van der Waals surface area contributed by atoms with Crippen molar-refractivity contribution in [1.29, 1.82) is 0 Å². The first kappa shape index (κ1) is 19.6. The summed E-state index contributed by atoms with van der Waals surface area (Å²) in [5.41, 5.74) is 12.2. The van der Waals surface area contributed by atoms with Crippen molar-refractivity contribution < 1.29 is 4.79 Å². The highest BCUT2D eigenvalue weighted by Gasteiger charge is 2.32. The number of amides is 1. The Labute approximate surface area is 181 Å². The topological polar surface area (TPSA) is 86.2 Å². The molecule has 4 heterocycles. The van der Waals surface area contributed by atoms with Crippen LogP contribution in [0.1, 0.15) is 47.1 Å². The van der Waals surface area contributed by atoms with E-state index in [0.717, 1.165) is 41.8 Å². The molecule has 7 nitrogen and oxygen atoms in total. The lowest BCUT2D eigenvalue weighted by Gasteiger charge is -2.30. The van der Waals surface area contributed by atoms with E-state index >= 15 is 0 Å². The normalized spacial score (nSPS) is 15.7. The summed E-state index contributed by atoms with van der Waals surface area (Å²) in [5, 5.41) is 0. The van der Waals surface area contributed by atoms with Gasteiger partial charge in [-0.05, 0) is 61.4 Å². The SMILES string of the molecule is CCc1c(-c2cc(N)c(=O)n(C)c2)ccnc1N1CCn2c(cc3c2CCCC3)C1=O. The standard InChI is InChI=1S/C24H27N5O2/c1-3-17-18(16-12-19(25)23(30)27(2)14-16)8-9-26-22(17)29-11-10-28-20-7-5-4-6-15(20)13-21(28)24(29)31/h8-9,12-14H,3-7,10-11,25H2,1-2H3. The molecule has 0 radical (unpaired) electrons. The van der Waals surface area contributed by atoms with Gasteiger partial charge in [0, 0.05) is 49.4 Å². The number of nitrogens with zero attached hydrogens (tertiary/aromatic N) is 4. The Bertz CT molecular complexity index is 1230. The third kappa shape index (κ3) is 3.07. The summed E-state index contributed by atoms with van der Waals surface area (Å²) in [5.74, 6) is 0.711. The zero-order valence-electron chi connectivity index (χ0n) is 18.0. The molecule has 1 aliphatic heterocycles. The molecule has 1 amide bonds. The van der Waals surface area contributed by atoms with Gasteiger partial charge in [-0.25, -0.2) is 4.98 Å². The highest BCUT2D eigenvalue weighted by Crippen LogP contribution is 2.34. The van der Waals surface area contributed by atoms with Gasteiger partial charge in [0.15, 0.2) is 0 Å². The van der Waals surface area contributed by atoms with Gasteiger partial charge in [-0.15, -0.1) is 0 Å². The van der Waals surface area contributed by atoms with Crippen LogP contribution in [0.15, 0.2) is 35.4 Å². The summed E-state index contributed by atoms with van der Waals surface area (Å²) in [6, 6.07) is 5.72. The second-order valence-electron chi connectivity index (χ2n) is 8.43. The van der Waals surface area contributed by atoms with Gasteiger partial charge in [0.2, 0.25) is 0 Å². The number of fused-ring (bicyclic) bond motifs is 3. The number of hydrogen-bond acceptors (Lipinski definition) is 4. The minimum atomic E-state index is -0.216. The molecule has 3 aromatic heterocycles. The van der Waals surface area contributed by atoms with Gasteiger partial charge in [-0.1, -0.05) is 6.92 Å². The fourth-order valence-electron chi connectivity index (χ4n) is 5.06. The molecule has 5 rings (SSSR count). The number of anilines is 2. The molecule has 2 N–H and O–H groups in total. The second-order valence-corrected chi connectivity index (χ2v) is 8.43. The molecule has 160 valence electrons. The van der Waals surface area contributed by atoms with Crippen molar-refractivity contribution in [1.82, 2.24) is 14.1 Å². The van der Waals surface area contributed by atoms with Crippen molar-refractivity contribution in [2.75, 3.05) is 17.2 Å². The quantitative estimate of drug-likeness (QED) is 0.710. The van der Waals surface area contributed by atoms with Crippen LogP contribution in [-0.2, 0) is 32.9 Å². The van der Waals surface area contributed by atoms with Gasteiger partial charge in [0.05, 0.1) is 5.69 Å². The lowest BCUT2D eigenvalue weighted by molar-refractivity contribution is 0.0963. The number of pyridine rings is 2. The minimum Gasteiger partial charge on any atom is -0.394 e. The Hall–Kier alpha value is -3.35. The van der Waals surface area contributed by atoms with Crippen LogP contribution in [0.5, 0.6) is 0 Å². The number of rotatable bonds is 3. The first-order valence-electron chi connectivity index (χ1n) is 11.0. The molecule has 31 heavy (non-hydrogen) atoms. The van der Waals surface area contributed by atoms with E-state index in [1.54, 1.807) is 25.5 Å². The average Bonchev–Trinajstić information content (AvgIpc) is 3.16. The first-order valence-corrected chi connectivity index (χ1v) is 11.0. The molecule has 0 fully saturated rings. The number of nitrogens with two attached hydrogens (primary N) is 1. The van der Waals surface area contributed by atoms with Gasteiger partial charge in [0.25, 0.3) is 11.5 Å². The van der Waals surface area contributed by atoms with Gasteiger partial charge in [-0.2, -0.15) is 0 Å². The number of nitrogen functional groups attached to an aromatic ring is 1. The van der Waals surface area contributed by atoms with Crippen molar-refractivity contribution in [3.05, 3.63) is 63.5 Å². The third-order valence-corrected chi connectivity index (χ3v) is 6.58. The van der Waals surface area contributed by atoms with Crippen LogP contribution in [0.3, 0.4) is 0 Å². The Morgan fingerprint density at radius 2 is 1.94 bits per heavy atom. The molecule has 0 unspecified atom stereocenters. The molecular weight excluding hydrogens is 390 g/mol. The number of aromatic nitrogens is 3. The Kier molecular flexibility index (Phi) is 4.68. The molecular formula is C24H27N5O2. The summed E-state index contributed by atoms with van der Waals surface area (Å²) in [6.45, 7) is 3.45. The predicted molar refractivity (Wildman–Crippen MR) is 121 cm³/mol. The first-order chi connectivity index (χ1) is 15.0. The molecule has 0 spiro atoms. The van der Waals surface area contributed by atoms with Crippen molar-refractivity contribution in [2.45, 2.75) is 45.6 Å². The fourth-order valence-corrected chi connectivity index (χ4v) is 5.06. The van der Waals surface area contributed by atoms with E-state index in [0.29, 0.717) is 18.8 Å². The maximum absolute atomic E-state index is 13.5. The molecule has 1 aliphatic carbocycles. The second kappa shape index (κ2) is 7.41. The average molecular weight is 418 g/mol. The minimum absolute atomic E-state index is 0.0139. The summed E-state index contributed by atoms with van der Waals surface area (Å²) < 4.78 is 3.71. The number of hydrogen-bond donors (Lipinski definition) is 1. The molecule has 2 aliphatic rings. The zero-order chi connectivity index (χ0) is 21.7. The Balaban J connectivity index is 1.59. The Morgan fingerprint density at radius 3 is 2.71 bits per heavy atom. The molecule has 3 aromatic rings. The van der Waals surface area contributed by atoms with Crippen LogP contribution in [0.4, 0.5) is 11.5 Å². The van der Waals surface area contributed by atoms with Crippen molar-refractivity contribution in [2.24, 2.45) is 7.05 Å². The fraction of sp³-hybridized carbons (Fsp3) is 0.375. The number of carbonyl (C=O) groups is 1. The maximum atomic E-state index is 13.5. The van der Waals surface area contributed by atoms with E-state index in [1.165, 1.54) is 28.7 Å². The summed E-state index contributed by atoms with van der Waals surface area (Å²) in [7, 11) is 1.69. The summed E-state index contributed by atoms with van der Waals surface area (Å²) in [4.78, 5) is 32.0. The van der Waals surface area contributed by atoms with Crippen LogP contribution in [-0.4, -0.2) is 26.6 Å². The summed E-state index contributed by atoms with van der Waals surface area (Å²) in [6.07, 6.45) is 8.74. The van der Waals surface area contributed by atoms with E-state index in [4.69, 9.17) is 5.73 Å². The molecule has 0 saturated carbocycles. The monoisotopic (exact) mass is 417 g/mol. The molecule has 0 saturated heterocycles. The molecule has 0 bridgehead atoms. The largest absolute Gasteiger partial charge is 0.394 e. The van der Waals surface area contributed by atoms with Crippen LogP contribution < -0.4 is 16.2 Å². The highest BCUT2D eigenvalue weighted by molar-refractivity contribution is 6.06.